The molecule has 0 fully saturated rings. The van der Waals surface area contributed by atoms with Crippen LogP contribution in [0.15, 0.2) is 66.7 Å². The molecule has 3 aromatic rings. The molecule has 0 unspecified atom stereocenters. The highest BCUT2D eigenvalue weighted by molar-refractivity contribution is 5.99. The molecular weight excluding hydrogens is 410 g/mol. The van der Waals surface area contributed by atoms with Gasteiger partial charge in [-0.1, -0.05) is 24.3 Å². The van der Waals surface area contributed by atoms with Crippen LogP contribution in [-0.2, 0) is 6.54 Å². The summed E-state index contributed by atoms with van der Waals surface area (Å²) < 4.78 is 16.0. The number of nitrogens with one attached hydrogen (secondary N) is 2. The Morgan fingerprint density at radius 2 is 1.84 bits per heavy atom. The van der Waals surface area contributed by atoms with E-state index >= 15 is 0 Å². The first kappa shape index (κ1) is 19.9. The molecule has 8 nitrogen and oxygen atoms in total. The van der Waals surface area contributed by atoms with Gasteiger partial charge in [-0.15, -0.1) is 0 Å². The van der Waals surface area contributed by atoms with Crippen LogP contribution >= 0.6 is 0 Å². The highest BCUT2D eigenvalue weighted by Gasteiger charge is 2.36. The second-order valence-electron chi connectivity index (χ2n) is 7.44. The minimum Gasteiger partial charge on any atom is -0.497 e. The van der Waals surface area contributed by atoms with E-state index in [0.717, 1.165) is 11.1 Å². The van der Waals surface area contributed by atoms with Gasteiger partial charge in [-0.05, 0) is 48.0 Å². The van der Waals surface area contributed by atoms with Crippen molar-refractivity contribution in [2.45, 2.75) is 12.7 Å². The molecule has 5 rings (SSSR count). The Hall–Kier alpha value is -4.04. The third kappa shape index (κ3) is 3.61. The molecule has 1 atom stereocenters. The molecule has 0 spiro atoms. The number of hydrazine groups is 1. The number of benzene rings is 3. The minimum atomic E-state index is -0.522. The Labute approximate surface area is 184 Å². The van der Waals surface area contributed by atoms with E-state index in [1.54, 1.807) is 42.3 Å². The van der Waals surface area contributed by atoms with E-state index in [-0.39, 0.29) is 18.6 Å². The fourth-order valence-corrected chi connectivity index (χ4v) is 3.87. The molecule has 2 heterocycles. The van der Waals surface area contributed by atoms with Crippen LogP contribution in [0.2, 0.25) is 0 Å². The number of nitrogens with zero attached hydrogens (tertiary/aromatic N) is 1. The van der Waals surface area contributed by atoms with Crippen LogP contribution in [0.5, 0.6) is 17.2 Å². The quantitative estimate of drug-likeness (QED) is 0.584. The Balaban J connectivity index is 1.36. The zero-order valence-electron chi connectivity index (χ0n) is 17.3. The van der Waals surface area contributed by atoms with Gasteiger partial charge in [0.2, 0.25) is 6.79 Å². The predicted octanol–water partition coefficient (Wildman–Crippen LogP) is 3.01. The average Bonchev–Trinajstić information content (AvgIpc) is 3.40. The van der Waals surface area contributed by atoms with Crippen LogP contribution in [0.3, 0.4) is 0 Å². The van der Waals surface area contributed by atoms with E-state index < -0.39 is 6.17 Å². The van der Waals surface area contributed by atoms with Crippen molar-refractivity contribution in [3.05, 3.63) is 89.0 Å². The summed E-state index contributed by atoms with van der Waals surface area (Å²) in [6, 6.07) is 19.7. The molecule has 2 aliphatic heterocycles. The highest BCUT2D eigenvalue weighted by atomic mass is 16.7. The number of rotatable bonds is 6. The van der Waals surface area contributed by atoms with Crippen molar-refractivity contribution in [3.8, 4) is 17.2 Å². The number of amides is 2. The van der Waals surface area contributed by atoms with Crippen LogP contribution in [0.4, 0.5) is 0 Å². The summed E-state index contributed by atoms with van der Waals surface area (Å²) in [6.07, 6.45) is -0.522. The van der Waals surface area contributed by atoms with E-state index in [4.69, 9.17) is 14.2 Å². The fourth-order valence-electron chi connectivity index (χ4n) is 3.87. The van der Waals surface area contributed by atoms with E-state index in [9.17, 15) is 9.59 Å². The molecule has 2 amide bonds. The number of carbonyl (C=O) groups is 2. The predicted molar refractivity (Wildman–Crippen MR) is 115 cm³/mol. The number of carbonyl (C=O) groups excluding carboxylic acids is 2. The molecule has 2 N–H and O–H groups in total. The first-order chi connectivity index (χ1) is 15.6. The molecule has 32 heavy (non-hydrogen) atoms. The lowest BCUT2D eigenvalue weighted by atomic mass is 10.1. The first-order valence-electron chi connectivity index (χ1n) is 10.1. The molecule has 8 heteroatoms. The van der Waals surface area contributed by atoms with Crippen LogP contribution in [-0.4, -0.2) is 30.6 Å². The summed E-state index contributed by atoms with van der Waals surface area (Å²) in [4.78, 5) is 27.5. The molecule has 162 valence electrons. The second-order valence-corrected chi connectivity index (χ2v) is 7.44. The number of methoxy groups -OCH3 is 1. The van der Waals surface area contributed by atoms with Gasteiger partial charge < -0.3 is 19.1 Å². The second kappa shape index (κ2) is 8.24. The maximum atomic E-state index is 13.1. The molecule has 0 radical (unpaired) electrons. The van der Waals surface area contributed by atoms with Crippen LogP contribution < -0.4 is 25.1 Å². The van der Waals surface area contributed by atoms with Gasteiger partial charge in [-0.3, -0.25) is 15.0 Å². The number of hydrogen-bond donors (Lipinski definition) is 2. The lowest BCUT2D eigenvalue weighted by Crippen LogP contribution is -2.45. The van der Waals surface area contributed by atoms with Crippen molar-refractivity contribution < 1.29 is 23.8 Å². The average molecular weight is 431 g/mol. The summed E-state index contributed by atoms with van der Waals surface area (Å²) in [5, 5.41) is 0. The molecule has 0 aliphatic carbocycles. The molecule has 0 saturated heterocycles. The zero-order chi connectivity index (χ0) is 22.1. The van der Waals surface area contributed by atoms with Crippen molar-refractivity contribution in [1.82, 2.24) is 15.8 Å². The largest absolute Gasteiger partial charge is 0.497 e. The van der Waals surface area contributed by atoms with Gasteiger partial charge in [0, 0.05) is 23.2 Å². The SMILES string of the molecule is COc1ccc(C(=O)NN[C@H]2c3ccccc3C(=O)N2Cc2ccc3c(c2)OCO3)cc1. The lowest BCUT2D eigenvalue weighted by Gasteiger charge is -2.26. The molecule has 0 aromatic heterocycles. The van der Waals surface area contributed by atoms with Crippen LogP contribution in [0, 0.1) is 0 Å². The van der Waals surface area contributed by atoms with Gasteiger partial charge in [0.25, 0.3) is 11.8 Å². The van der Waals surface area contributed by atoms with Crippen LogP contribution in [0.25, 0.3) is 0 Å². The van der Waals surface area contributed by atoms with Gasteiger partial charge in [-0.25, -0.2) is 5.43 Å². The summed E-state index contributed by atoms with van der Waals surface area (Å²) in [6.45, 7) is 0.522. The molecule has 2 aliphatic rings. The maximum absolute atomic E-state index is 13.1. The lowest BCUT2D eigenvalue weighted by molar-refractivity contribution is 0.0638. The summed E-state index contributed by atoms with van der Waals surface area (Å²) in [7, 11) is 1.57. The summed E-state index contributed by atoms with van der Waals surface area (Å²) in [5.41, 5.74) is 8.53. The van der Waals surface area contributed by atoms with Crippen LogP contribution in [0.1, 0.15) is 38.0 Å². The standard InChI is InChI=1S/C24H21N3O5/c1-30-17-9-7-16(8-10-17)23(28)26-25-22-18-4-2-3-5-19(18)24(29)27(22)13-15-6-11-20-21(12-15)32-14-31-20/h2-12,22,25H,13-14H2,1H3,(H,26,28)/t22-/m1/s1. The van der Waals surface area contributed by atoms with Gasteiger partial charge in [0.1, 0.15) is 11.9 Å². The smallest absolute Gasteiger partial charge is 0.265 e. The Kier molecular flexibility index (Phi) is 5.12. The molecular formula is C24H21N3O5. The topological polar surface area (TPSA) is 89.1 Å². The van der Waals surface area contributed by atoms with Crippen molar-refractivity contribution >= 4 is 11.8 Å². The maximum Gasteiger partial charge on any atom is 0.265 e. The monoisotopic (exact) mass is 431 g/mol. The molecule has 0 bridgehead atoms. The Morgan fingerprint density at radius 3 is 2.66 bits per heavy atom. The van der Waals surface area contributed by atoms with Gasteiger partial charge in [0.05, 0.1) is 7.11 Å². The van der Waals surface area contributed by atoms with Crippen molar-refractivity contribution in [2.75, 3.05) is 13.9 Å². The third-order valence-electron chi connectivity index (χ3n) is 5.52. The van der Waals surface area contributed by atoms with Gasteiger partial charge in [0.15, 0.2) is 11.5 Å². The number of hydrogen-bond acceptors (Lipinski definition) is 6. The zero-order valence-corrected chi connectivity index (χ0v) is 17.3. The van der Waals surface area contributed by atoms with E-state index in [0.29, 0.717) is 34.9 Å². The normalized spacial score (nSPS) is 16.1. The number of ether oxygens (including phenoxy) is 3. The molecule has 0 saturated carbocycles. The number of fused-ring (bicyclic) bond motifs is 2. The fraction of sp³-hybridized carbons (Fsp3) is 0.167. The summed E-state index contributed by atoms with van der Waals surface area (Å²) >= 11 is 0. The summed E-state index contributed by atoms with van der Waals surface area (Å²) in [5.74, 6) is 1.58. The van der Waals surface area contributed by atoms with E-state index in [1.165, 1.54) is 0 Å². The van der Waals surface area contributed by atoms with E-state index in [2.05, 4.69) is 10.9 Å². The van der Waals surface area contributed by atoms with Gasteiger partial charge in [-0.2, -0.15) is 0 Å². The van der Waals surface area contributed by atoms with Gasteiger partial charge >= 0.3 is 0 Å². The van der Waals surface area contributed by atoms with Crippen molar-refractivity contribution in [3.63, 3.8) is 0 Å². The Bertz CT molecular complexity index is 1180. The molecule has 3 aromatic carbocycles. The highest BCUT2D eigenvalue weighted by Crippen LogP contribution is 2.36. The Morgan fingerprint density at radius 1 is 1.06 bits per heavy atom. The third-order valence-corrected chi connectivity index (χ3v) is 5.52. The van der Waals surface area contributed by atoms with Crippen molar-refractivity contribution in [1.29, 1.82) is 0 Å². The first-order valence-corrected chi connectivity index (χ1v) is 10.1. The van der Waals surface area contributed by atoms with Crippen molar-refractivity contribution in [2.24, 2.45) is 0 Å². The van der Waals surface area contributed by atoms with E-state index in [1.807, 2.05) is 36.4 Å². The minimum absolute atomic E-state index is 0.116.